The molecule has 0 saturated carbocycles. The van der Waals surface area contributed by atoms with E-state index in [1.54, 1.807) is 16.4 Å². The molecule has 0 N–H and O–H groups in total. The molecule has 1 heterocycles. The van der Waals surface area contributed by atoms with Crippen molar-refractivity contribution in [1.82, 2.24) is 4.31 Å². The van der Waals surface area contributed by atoms with Gasteiger partial charge in [0.15, 0.2) is 6.10 Å². The van der Waals surface area contributed by atoms with Gasteiger partial charge in [-0.1, -0.05) is 62.4 Å². The Balaban J connectivity index is 1.37. The van der Waals surface area contributed by atoms with E-state index in [0.717, 1.165) is 28.7 Å². The predicted molar refractivity (Wildman–Crippen MR) is 127 cm³/mol. The van der Waals surface area contributed by atoms with Crippen LogP contribution in [-0.4, -0.2) is 31.8 Å². The van der Waals surface area contributed by atoms with Gasteiger partial charge < -0.3 is 4.74 Å². The normalized spacial score (nSPS) is 20.8. The van der Waals surface area contributed by atoms with Crippen LogP contribution < -0.4 is 0 Å². The number of carbonyl (C=O) groups is 1. The molecule has 1 fully saturated rings. The average molecular weight is 462 g/mol. The van der Waals surface area contributed by atoms with Crippen molar-refractivity contribution in [3.05, 3.63) is 89.5 Å². The predicted octanol–water partition coefficient (Wildman–Crippen LogP) is 5.28. The summed E-state index contributed by atoms with van der Waals surface area (Å²) in [5, 5.41) is 0. The Morgan fingerprint density at radius 2 is 1.33 bits per heavy atom. The molecule has 2 atom stereocenters. The van der Waals surface area contributed by atoms with E-state index in [1.165, 1.54) is 12.1 Å². The molecule has 0 aromatic heterocycles. The molecule has 1 aliphatic heterocycles. The molecule has 3 aromatic carbocycles. The first-order valence-corrected chi connectivity index (χ1v) is 12.8. The number of sulfonamides is 1. The van der Waals surface area contributed by atoms with Gasteiger partial charge in [0, 0.05) is 24.2 Å². The zero-order valence-electron chi connectivity index (χ0n) is 18.8. The van der Waals surface area contributed by atoms with Crippen LogP contribution in [0.5, 0.6) is 0 Å². The second-order valence-corrected chi connectivity index (χ2v) is 11.2. The van der Waals surface area contributed by atoms with Crippen LogP contribution in [0.25, 0.3) is 11.1 Å². The van der Waals surface area contributed by atoms with E-state index in [2.05, 4.69) is 13.8 Å². The topological polar surface area (TPSA) is 63.7 Å². The van der Waals surface area contributed by atoms with E-state index < -0.39 is 22.1 Å². The van der Waals surface area contributed by atoms with Crippen molar-refractivity contribution in [1.29, 1.82) is 0 Å². The molecule has 0 unspecified atom stereocenters. The van der Waals surface area contributed by atoms with Crippen LogP contribution in [0.15, 0.2) is 77.7 Å². The maximum Gasteiger partial charge on any atom is 0.339 e. The Morgan fingerprint density at radius 1 is 0.818 bits per heavy atom. The fourth-order valence-electron chi connectivity index (χ4n) is 5.13. The lowest BCUT2D eigenvalue weighted by molar-refractivity contribution is 0.0385. The molecular weight excluding hydrogens is 434 g/mol. The molecule has 6 heteroatoms. The minimum absolute atomic E-state index is 0.205. The number of benzene rings is 3. The molecule has 0 amide bonds. The van der Waals surface area contributed by atoms with Crippen molar-refractivity contribution in [3.63, 3.8) is 0 Å². The van der Waals surface area contributed by atoms with Crippen LogP contribution in [0.4, 0.5) is 0 Å². The summed E-state index contributed by atoms with van der Waals surface area (Å²) in [5.74, 6) is 0.181. The lowest BCUT2D eigenvalue weighted by Crippen LogP contribution is -2.42. The van der Waals surface area contributed by atoms with Gasteiger partial charge in [-0.05, 0) is 53.6 Å². The number of nitrogens with zero attached hydrogens (tertiary/aromatic N) is 1. The van der Waals surface area contributed by atoms with Gasteiger partial charge in [0.2, 0.25) is 10.0 Å². The summed E-state index contributed by atoms with van der Waals surface area (Å²) in [6.07, 6.45) is 0.550. The minimum atomic E-state index is -3.59. The fraction of sp³-hybridized carbons (Fsp3) is 0.296. The third-order valence-electron chi connectivity index (χ3n) is 6.56. The smallest absolute Gasteiger partial charge is 0.339 e. The third-order valence-corrected chi connectivity index (χ3v) is 8.41. The molecule has 0 bridgehead atoms. The Morgan fingerprint density at radius 3 is 1.88 bits per heavy atom. The number of piperidine rings is 1. The monoisotopic (exact) mass is 461 g/mol. The SMILES string of the molecule is C[C@H]1C[C@H](C)CN(S(=O)(=O)c2ccc(C(=O)OC3c4ccccc4-c4ccccc43)cc2)C1. The molecule has 1 aliphatic carbocycles. The van der Waals surface area contributed by atoms with E-state index in [9.17, 15) is 13.2 Å². The van der Waals surface area contributed by atoms with Crippen molar-refractivity contribution in [2.24, 2.45) is 11.8 Å². The number of carbonyl (C=O) groups excluding carboxylic acids is 1. The van der Waals surface area contributed by atoms with Crippen LogP contribution in [0, 0.1) is 11.8 Å². The van der Waals surface area contributed by atoms with Crippen LogP contribution in [0.2, 0.25) is 0 Å². The highest BCUT2D eigenvalue weighted by molar-refractivity contribution is 7.89. The summed E-state index contributed by atoms with van der Waals surface area (Å²) in [7, 11) is -3.59. The maximum absolute atomic E-state index is 13.1. The van der Waals surface area contributed by atoms with Gasteiger partial charge in [-0.2, -0.15) is 4.31 Å². The van der Waals surface area contributed by atoms with Crippen molar-refractivity contribution in [2.75, 3.05) is 13.1 Å². The summed E-state index contributed by atoms with van der Waals surface area (Å²) >= 11 is 0. The van der Waals surface area contributed by atoms with E-state index >= 15 is 0 Å². The van der Waals surface area contributed by atoms with Gasteiger partial charge in [0.25, 0.3) is 0 Å². The largest absolute Gasteiger partial charge is 0.449 e. The van der Waals surface area contributed by atoms with Crippen LogP contribution in [0.3, 0.4) is 0 Å². The first kappa shape index (κ1) is 21.9. The van der Waals surface area contributed by atoms with E-state index in [0.29, 0.717) is 30.5 Å². The minimum Gasteiger partial charge on any atom is -0.449 e. The quantitative estimate of drug-likeness (QED) is 0.496. The van der Waals surface area contributed by atoms with Crippen molar-refractivity contribution >= 4 is 16.0 Å². The zero-order chi connectivity index (χ0) is 23.2. The summed E-state index contributed by atoms with van der Waals surface area (Å²) < 4.78 is 33.7. The van der Waals surface area contributed by atoms with Gasteiger partial charge in [0.1, 0.15) is 0 Å². The summed E-state index contributed by atoms with van der Waals surface area (Å²) in [4.78, 5) is 13.2. The molecule has 3 aromatic rings. The zero-order valence-corrected chi connectivity index (χ0v) is 19.6. The Kier molecular flexibility index (Phi) is 5.59. The molecule has 170 valence electrons. The first-order chi connectivity index (χ1) is 15.8. The van der Waals surface area contributed by atoms with Gasteiger partial charge in [-0.25, -0.2) is 13.2 Å². The summed E-state index contributed by atoms with van der Waals surface area (Å²) in [5.41, 5.74) is 4.38. The second kappa shape index (κ2) is 8.43. The van der Waals surface area contributed by atoms with E-state index in [4.69, 9.17) is 4.74 Å². The highest BCUT2D eigenvalue weighted by Gasteiger charge is 2.33. The lowest BCUT2D eigenvalue weighted by Gasteiger charge is -2.34. The third kappa shape index (κ3) is 3.98. The first-order valence-electron chi connectivity index (χ1n) is 11.3. The van der Waals surface area contributed by atoms with Gasteiger partial charge in [-0.15, -0.1) is 0 Å². The lowest BCUT2D eigenvalue weighted by atomic mass is 9.94. The molecule has 0 radical (unpaired) electrons. The number of hydrogen-bond acceptors (Lipinski definition) is 4. The van der Waals surface area contributed by atoms with Crippen molar-refractivity contribution in [2.45, 2.75) is 31.3 Å². The Hall–Kier alpha value is -2.96. The van der Waals surface area contributed by atoms with Crippen LogP contribution >= 0.6 is 0 Å². The fourth-order valence-corrected chi connectivity index (χ4v) is 6.81. The van der Waals surface area contributed by atoms with Gasteiger partial charge in [-0.3, -0.25) is 0 Å². The molecule has 33 heavy (non-hydrogen) atoms. The van der Waals surface area contributed by atoms with Crippen LogP contribution in [0.1, 0.15) is 47.9 Å². The van der Waals surface area contributed by atoms with Crippen molar-refractivity contribution < 1.29 is 17.9 Å². The van der Waals surface area contributed by atoms with E-state index in [-0.39, 0.29) is 4.90 Å². The molecule has 2 aliphatic rings. The van der Waals surface area contributed by atoms with Gasteiger partial charge in [0.05, 0.1) is 10.5 Å². The number of ether oxygens (including phenoxy) is 1. The van der Waals surface area contributed by atoms with Crippen molar-refractivity contribution in [3.8, 4) is 11.1 Å². The maximum atomic E-state index is 13.1. The molecular formula is C27H27NO4S. The molecule has 0 spiro atoms. The molecule has 1 saturated heterocycles. The number of hydrogen-bond donors (Lipinski definition) is 0. The summed E-state index contributed by atoms with van der Waals surface area (Å²) in [6, 6.07) is 21.9. The highest BCUT2D eigenvalue weighted by atomic mass is 32.2. The second-order valence-electron chi connectivity index (χ2n) is 9.25. The Labute approximate surface area is 195 Å². The number of fused-ring (bicyclic) bond motifs is 3. The average Bonchev–Trinajstić information content (AvgIpc) is 3.12. The Bertz CT molecular complexity index is 1240. The standard InChI is InChI=1S/C27H27NO4S/c1-18-15-19(2)17-28(16-18)33(30,31)21-13-11-20(12-14-21)27(29)32-26-24-9-5-3-7-22(24)23-8-4-6-10-25(23)26/h3-14,18-19,26H,15-17H2,1-2H3/t18-,19-/m0/s1. The summed E-state index contributed by atoms with van der Waals surface area (Å²) in [6.45, 7) is 5.21. The molecule has 5 nitrogen and oxygen atoms in total. The highest BCUT2D eigenvalue weighted by Crippen LogP contribution is 2.45. The number of rotatable bonds is 4. The van der Waals surface area contributed by atoms with Gasteiger partial charge >= 0.3 is 5.97 Å². The number of esters is 1. The van der Waals surface area contributed by atoms with Crippen LogP contribution in [-0.2, 0) is 14.8 Å². The van der Waals surface area contributed by atoms with E-state index in [1.807, 2.05) is 48.5 Å². The molecule has 5 rings (SSSR count).